The first-order chi connectivity index (χ1) is 11.1. The second-order valence-corrected chi connectivity index (χ2v) is 6.71. The van der Waals surface area contributed by atoms with Crippen LogP contribution in [0.1, 0.15) is 56.6 Å². The number of benzene rings is 1. The van der Waals surface area contributed by atoms with Crippen LogP contribution >= 0.6 is 0 Å². The first-order valence-corrected chi connectivity index (χ1v) is 8.86. The van der Waals surface area contributed by atoms with E-state index in [2.05, 4.69) is 5.32 Å². The van der Waals surface area contributed by atoms with Gasteiger partial charge in [0.2, 0.25) is 5.91 Å². The van der Waals surface area contributed by atoms with Crippen LogP contribution < -0.4 is 5.32 Å². The minimum absolute atomic E-state index is 0.105. The number of hydrogen-bond acceptors (Lipinski definition) is 3. The molecule has 0 aliphatic heterocycles. The van der Waals surface area contributed by atoms with Crippen LogP contribution in [-0.2, 0) is 4.79 Å². The lowest BCUT2D eigenvalue weighted by Gasteiger charge is -2.21. The zero-order chi connectivity index (χ0) is 16.5. The number of nitrogens with zero attached hydrogens (tertiary/aromatic N) is 1. The predicted octanol–water partition coefficient (Wildman–Crippen LogP) is 2.88. The second kappa shape index (κ2) is 9.68. The quantitative estimate of drug-likeness (QED) is 0.760. The van der Waals surface area contributed by atoms with E-state index in [4.69, 9.17) is 0 Å². The molecule has 4 heteroatoms. The van der Waals surface area contributed by atoms with Crippen molar-refractivity contribution in [2.24, 2.45) is 0 Å². The summed E-state index contributed by atoms with van der Waals surface area (Å²) in [6.07, 6.45) is 7.44. The third-order valence-corrected chi connectivity index (χ3v) is 4.60. The van der Waals surface area contributed by atoms with Gasteiger partial charge in [0.25, 0.3) is 0 Å². The third-order valence-electron chi connectivity index (χ3n) is 4.60. The van der Waals surface area contributed by atoms with Gasteiger partial charge in [-0.3, -0.25) is 9.69 Å². The lowest BCUT2D eigenvalue weighted by Crippen LogP contribution is -2.41. The summed E-state index contributed by atoms with van der Waals surface area (Å²) in [5.41, 5.74) is 0.934. The van der Waals surface area contributed by atoms with Crippen LogP contribution in [0.4, 0.5) is 0 Å². The molecule has 23 heavy (non-hydrogen) atoms. The second-order valence-electron chi connectivity index (χ2n) is 6.71. The summed E-state index contributed by atoms with van der Waals surface area (Å²) in [5, 5.41) is 13.3. The molecule has 2 rings (SSSR count). The van der Waals surface area contributed by atoms with Crippen molar-refractivity contribution in [2.75, 3.05) is 20.1 Å². The molecule has 1 aliphatic carbocycles. The summed E-state index contributed by atoms with van der Waals surface area (Å²) in [5.74, 6) is 0.105. The van der Waals surface area contributed by atoms with Crippen molar-refractivity contribution in [1.82, 2.24) is 10.2 Å². The van der Waals surface area contributed by atoms with Crippen molar-refractivity contribution < 1.29 is 9.90 Å². The third kappa shape index (κ3) is 6.71. The maximum atomic E-state index is 12.1. The summed E-state index contributed by atoms with van der Waals surface area (Å²) in [4.78, 5) is 14.1. The van der Waals surface area contributed by atoms with Gasteiger partial charge in [0, 0.05) is 12.6 Å². The maximum absolute atomic E-state index is 12.1. The van der Waals surface area contributed by atoms with Crippen molar-refractivity contribution in [3.05, 3.63) is 35.9 Å². The molecule has 128 valence electrons. The van der Waals surface area contributed by atoms with Gasteiger partial charge in [0.05, 0.1) is 12.6 Å². The summed E-state index contributed by atoms with van der Waals surface area (Å²) < 4.78 is 0. The van der Waals surface area contributed by atoms with Crippen LogP contribution in [0.5, 0.6) is 0 Å². The van der Waals surface area contributed by atoms with Gasteiger partial charge in [-0.2, -0.15) is 0 Å². The molecule has 0 unspecified atom stereocenters. The fourth-order valence-electron chi connectivity index (χ4n) is 3.21. The number of amides is 1. The highest BCUT2D eigenvalue weighted by Crippen LogP contribution is 2.17. The minimum atomic E-state index is -0.469. The van der Waals surface area contributed by atoms with E-state index in [0.717, 1.165) is 18.4 Å². The number of aliphatic hydroxyl groups is 1. The Bertz CT molecular complexity index is 456. The molecule has 2 N–H and O–H groups in total. The summed E-state index contributed by atoms with van der Waals surface area (Å²) in [6.45, 7) is 1.10. The lowest BCUT2D eigenvalue weighted by atomic mass is 10.1. The smallest absolute Gasteiger partial charge is 0.234 e. The van der Waals surface area contributed by atoms with E-state index < -0.39 is 6.10 Å². The van der Waals surface area contributed by atoms with Crippen LogP contribution in [0.2, 0.25) is 0 Å². The van der Waals surface area contributed by atoms with Crippen molar-refractivity contribution in [2.45, 2.75) is 57.1 Å². The van der Waals surface area contributed by atoms with Gasteiger partial charge in [-0.15, -0.1) is 0 Å². The van der Waals surface area contributed by atoms with Crippen LogP contribution in [0.15, 0.2) is 30.3 Å². The number of nitrogens with one attached hydrogen (secondary N) is 1. The van der Waals surface area contributed by atoms with Crippen molar-refractivity contribution in [3.63, 3.8) is 0 Å². The van der Waals surface area contributed by atoms with E-state index in [1.165, 1.54) is 25.7 Å². The van der Waals surface area contributed by atoms with E-state index in [0.29, 0.717) is 25.6 Å². The van der Waals surface area contributed by atoms with Crippen molar-refractivity contribution in [3.8, 4) is 0 Å². The molecule has 0 heterocycles. The Hall–Kier alpha value is -1.39. The molecule has 0 bridgehead atoms. The van der Waals surface area contributed by atoms with Crippen molar-refractivity contribution in [1.29, 1.82) is 0 Å². The topological polar surface area (TPSA) is 52.6 Å². The molecule has 1 aromatic rings. The fraction of sp³-hybridized carbons (Fsp3) is 0.632. The van der Waals surface area contributed by atoms with E-state index >= 15 is 0 Å². The van der Waals surface area contributed by atoms with E-state index in [9.17, 15) is 9.90 Å². The van der Waals surface area contributed by atoms with E-state index in [1.807, 2.05) is 42.3 Å². The Morgan fingerprint density at radius 2 is 1.87 bits per heavy atom. The van der Waals surface area contributed by atoms with Gasteiger partial charge in [-0.25, -0.2) is 0 Å². The van der Waals surface area contributed by atoms with Gasteiger partial charge >= 0.3 is 0 Å². The first-order valence-electron chi connectivity index (χ1n) is 8.86. The molecule has 0 aromatic heterocycles. The Balaban J connectivity index is 1.67. The van der Waals surface area contributed by atoms with Gasteiger partial charge in [0.1, 0.15) is 0 Å². The normalized spacial score (nSPS) is 17.7. The van der Waals surface area contributed by atoms with Crippen LogP contribution in [-0.4, -0.2) is 42.1 Å². The van der Waals surface area contributed by atoms with Crippen molar-refractivity contribution >= 4 is 5.91 Å². The molecule has 1 amide bonds. The number of likely N-dealkylation sites (N-methyl/N-ethyl adjacent to an activating group) is 1. The zero-order valence-electron chi connectivity index (χ0n) is 14.2. The Labute approximate surface area is 139 Å². The molecule has 0 spiro atoms. The standard InChI is InChI=1S/C19H30N2O2/c1-21(14-13-18(22)16-9-5-4-6-10-16)15-19(23)20-17-11-7-2-3-8-12-17/h4-6,9-10,17-18,22H,2-3,7-8,11-15H2,1H3,(H,20,23)/t18-/m0/s1. The number of hydrogen-bond donors (Lipinski definition) is 2. The molecule has 1 fully saturated rings. The molecule has 1 aliphatic rings. The van der Waals surface area contributed by atoms with Crippen LogP contribution in [0.3, 0.4) is 0 Å². The summed E-state index contributed by atoms with van der Waals surface area (Å²) in [7, 11) is 1.93. The Morgan fingerprint density at radius 3 is 2.52 bits per heavy atom. The molecule has 4 nitrogen and oxygen atoms in total. The average Bonchev–Trinajstić information content (AvgIpc) is 2.82. The largest absolute Gasteiger partial charge is 0.388 e. The highest BCUT2D eigenvalue weighted by atomic mass is 16.3. The number of carbonyl (C=O) groups is 1. The Morgan fingerprint density at radius 1 is 1.22 bits per heavy atom. The van der Waals surface area contributed by atoms with Gasteiger partial charge in [0.15, 0.2) is 0 Å². The molecule has 0 radical (unpaired) electrons. The summed E-state index contributed by atoms with van der Waals surface area (Å²) >= 11 is 0. The van der Waals surface area contributed by atoms with Crippen LogP contribution in [0, 0.1) is 0 Å². The molecule has 1 atom stereocenters. The van der Waals surface area contributed by atoms with Gasteiger partial charge in [-0.05, 0) is 31.9 Å². The maximum Gasteiger partial charge on any atom is 0.234 e. The highest BCUT2D eigenvalue weighted by molar-refractivity contribution is 5.78. The van der Waals surface area contributed by atoms with Gasteiger partial charge < -0.3 is 10.4 Å². The average molecular weight is 318 g/mol. The first kappa shape index (κ1) is 18.0. The number of rotatable bonds is 7. The monoisotopic (exact) mass is 318 g/mol. The lowest BCUT2D eigenvalue weighted by molar-refractivity contribution is -0.122. The highest BCUT2D eigenvalue weighted by Gasteiger charge is 2.16. The van der Waals surface area contributed by atoms with Gasteiger partial charge in [-0.1, -0.05) is 56.0 Å². The zero-order valence-corrected chi connectivity index (χ0v) is 14.2. The van der Waals surface area contributed by atoms with E-state index in [1.54, 1.807) is 0 Å². The fourth-order valence-corrected chi connectivity index (χ4v) is 3.21. The minimum Gasteiger partial charge on any atom is -0.388 e. The number of carbonyl (C=O) groups excluding carboxylic acids is 1. The number of aliphatic hydroxyl groups excluding tert-OH is 1. The van der Waals surface area contributed by atoms with E-state index in [-0.39, 0.29) is 5.91 Å². The molecule has 1 saturated carbocycles. The van der Waals surface area contributed by atoms with Crippen LogP contribution in [0.25, 0.3) is 0 Å². The summed E-state index contributed by atoms with van der Waals surface area (Å²) in [6, 6.07) is 10.0. The molecule has 1 aromatic carbocycles. The molecular formula is C19H30N2O2. The predicted molar refractivity (Wildman–Crippen MR) is 93.1 cm³/mol. The molecular weight excluding hydrogens is 288 g/mol. The Kier molecular flexibility index (Phi) is 7.56. The SMILES string of the molecule is CN(CC[C@H](O)c1ccccc1)CC(=O)NC1CCCCCC1. The molecule has 0 saturated heterocycles.